The van der Waals surface area contributed by atoms with Crippen LogP contribution in [0.3, 0.4) is 0 Å². The van der Waals surface area contributed by atoms with Crippen molar-refractivity contribution in [1.29, 1.82) is 0 Å². The average Bonchev–Trinajstić information content (AvgIpc) is 2.95. The lowest BCUT2D eigenvalue weighted by atomic mass is 10.1. The molecule has 0 spiro atoms. The number of amides is 2. The molecule has 0 atom stereocenters. The lowest BCUT2D eigenvalue weighted by Gasteiger charge is -2.09. The first-order chi connectivity index (χ1) is 10.1. The number of para-hydroxylation sites is 1. The zero-order chi connectivity index (χ0) is 15.2. The highest BCUT2D eigenvalue weighted by atomic mass is 16.2. The van der Waals surface area contributed by atoms with Gasteiger partial charge in [0.05, 0.1) is 11.9 Å². The highest BCUT2D eigenvalue weighted by molar-refractivity contribution is 6.43. The molecule has 0 saturated carbocycles. The molecule has 21 heavy (non-hydrogen) atoms. The number of aryl methyl sites for hydroxylation is 2. The molecule has 6 nitrogen and oxygen atoms in total. The first kappa shape index (κ1) is 14.8. The summed E-state index contributed by atoms with van der Waals surface area (Å²) in [6, 6.07) is 7.41. The highest BCUT2D eigenvalue weighted by Gasteiger charge is 2.15. The number of nitrogens with zero attached hydrogens (tertiary/aromatic N) is 2. The molecule has 1 aromatic carbocycles. The Morgan fingerprint density at radius 1 is 1.14 bits per heavy atom. The van der Waals surface area contributed by atoms with Crippen LogP contribution in [-0.2, 0) is 22.6 Å². The van der Waals surface area contributed by atoms with Crippen molar-refractivity contribution in [1.82, 2.24) is 9.78 Å². The van der Waals surface area contributed by atoms with Gasteiger partial charge in [-0.05, 0) is 25.0 Å². The Morgan fingerprint density at radius 2 is 1.86 bits per heavy atom. The molecule has 0 radical (unpaired) electrons. The van der Waals surface area contributed by atoms with E-state index in [9.17, 15) is 9.59 Å². The minimum atomic E-state index is -0.712. The molecule has 0 aliphatic heterocycles. The van der Waals surface area contributed by atoms with Crippen LogP contribution in [0.1, 0.15) is 19.4 Å². The predicted molar refractivity (Wildman–Crippen MR) is 81.0 cm³/mol. The van der Waals surface area contributed by atoms with Crippen molar-refractivity contribution in [3.63, 3.8) is 0 Å². The molecule has 0 aliphatic rings. The number of carbonyl (C=O) groups excluding carboxylic acids is 2. The van der Waals surface area contributed by atoms with E-state index in [1.807, 2.05) is 32.0 Å². The molecule has 2 rings (SSSR count). The van der Waals surface area contributed by atoms with Crippen LogP contribution in [-0.4, -0.2) is 21.6 Å². The summed E-state index contributed by atoms with van der Waals surface area (Å²) in [7, 11) is 0. The number of benzene rings is 1. The Hall–Kier alpha value is -2.63. The minimum absolute atomic E-state index is 0.501. The third-order valence-corrected chi connectivity index (χ3v) is 3.07. The van der Waals surface area contributed by atoms with Gasteiger partial charge in [0.1, 0.15) is 0 Å². The topological polar surface area (TPSA) is 76.0 Å². The Bertz CT molecular complexity index is 649. The fourth-order valence-corrected chi connectivity index (χ4v) is 1.92. The molecule has 0 saturated heterocycles. The number of rotatable bonds is 4. The Balaban J connectivity index is 2.01. The van der Waals surface area contributed by atoms with E-state index >= 15 is 0 Å². The van der Waals surface area contributed by atoms with E-state index < -0.39 is 11.8 Å². The molecule has 2 aromatic rings. The second kappa shape index (κ2) is 6.69. The molecule has 2 N–H and O–H groups in total. The van der Waals surface area contributed by atoms with Gasteiger partial charge in [-0.2, -0.15) is 5.10 Å². The van der Waals surface area contributed by atoms with Gasteiger partial charge in [0.2, 0.25) is 0 Å². The summed E-state index contributed by atoms with van der Waals surface area (Å²) in [6.45, 7) is 4.63. The van der Waals surface area contributed by atoms with E-state index in [0.717, 1.165) is 12.0 Å². The van der Waals surface area contributed by atoms with Crippen LogP contribution in [0.25, 0.3) is 0 Å². The maximum atomic E-state index is 11.9. The fourth-order valence-electron chi connectivity index (χ4n) is 1.92. The lowest BCUT2D eigenvalue weighted by molar-refractivity contribution is -0.133. The molecule has 0 unspecified atom stereocenters. The van der Waals surface area contributed by atoms with Gasteiger partial charge in [0, 0.05) is 18.4 Å². The lowest BCUT2D eigenvalue weighted by Crippen LogP contribution is -2.29. The Kier molecular flexibility index (Phi) is 4.71. The smallest absolute Gasteiger partial charge is 0.314 e. The van der Waals surface area contributed by atoms with Gasteiger partial charge < -0.3 is 10.6 Å². The average molecular weight is 286 g/mol. The molecule has 110 valence electrons. The summed E-state index contributed by atoms with van der Waals surface area (Å²) in [5, 5.41) is 9.17. The number of carbonyl (C=O) groups is 2. The predicted octanol–water partition coefficient (Wildman–Crippen LogP) is 2.04. The number of hydrogen-bond acceptors (Lipinski definition) is 3. The van der Waals surface area contributed by atoms with Crippen molar-refractivity contribution in [3.8, 4) is 0 Å². The van der Waals surface area contributed by atoms with E-state index in [1.54, 1.807) is 16.9 Å². The molecule has 2 amide bonds. The van der Waals surface area contributed by atoms with Gasteiger partial charge in [0.15, 0.2) is 0 Å². The third kappa shape index (κ3) is 3.68. The SMILES string of the molecule is CCc1ccccc1NC(=O)C(=O)Nc1cnn(CC)c1. The zero-order valence-electron chi connectivity index (χ0n) is 12.1. The quantitative estimate of drug-likeness (QED) is 0.844. The van der Waals surface area contributed by atoms with Crippen LogP contribution in [0.15, 0.2) is 36.7 Å². The van der Waals surface area contributed by atoms with Crippen LogP contribution >= 0.6 is 0 Å². The van der Waals surface area contributed by atoms with E-state index in [0.29, 0.717) is 17.9 Å². The van der Waals surface area contributed by atoms with Crippen molar-refractivity contribution in [2.45, 2.75) is 26.8 Å². The van der Waals surface area contributed by atoms with Crippen LogP contribution < -0.4 is 10.6 Å². The molecule has 6 heteroatoms. The van der Waals surface area contributed by atoms with E-state index in [4.69, 9.17) is 0 Å². The van der Waals surface area contributed by atoms with Crippen molar-refractivity contribution in [3.05, 3.63) is 42.2 Å². The maximum Gasteiger partial charge on any atom is 0.314 e. The van der Waals surface area contributed by atoms with E-state index in [-0.39, 0.29) is 0 Å². The van der Waals surface area contributed by atoms with Crippen molar-refractivity contribution >= 4 is 23.2 Å². The van der Waals surface area contributed by atoms with Gasteiger partial charge in [0.25, 0.3) is 0 Å². The van der Waals surface area contributed by atoms with Crippen LogP contribution in [0, 0.1) is 0 Å². The monoisotopic (exact) mass is 286 g/mol. The number of anilines is 2. The molecule has 0 fully saturated rings. The molecular formula is C15H18N4O2. The van der Waals surface area contributed by atoms with Crippen LogP contribution in [0.5, 0.6) is 0 Å². The molecule has 1 aromatic heterocycles. The second-order valence-electron chi connectivity index (χ2n) is 4.50. The second-order valence-corrected chi connectivity index (χ2v) is 4.50. The molecule has 0 aliphatic carbocycles. The number of nitrogens with one attached hydrogen (secondary N) is 2. The zero-order valence-corrected chi connectivity index (χ0v) is 12.1. The summed E-state index contributed by atoms with van der Waals surface area (Å²) in [5.74, 6) is -1.41. The largest absolute Gasteiger partial charge is 0.318 e. The van der Waals surface area contributed by atoms with Crippen molar-refractivity contribution in [2.24, 2.45) is 0 Å². The maximum absolute atomic E-state index is 11.9. The number of hydrogen-bond donors (Lipinski definition) is 2. The summed E-state index contributed by atoms with van der Waals surface area (Å²) in [6.07, 6.45) is 3.96. The molecule has 1 heterocycles. The van der Waals surface area contributed by atoms with Gasteiger partial charge in [-0.15, -0.1) is 0 Å². The highest BCUT2D eigenvalue weighted by Crippen LogP contribution is 2.15. The summed E-state index contributed by atoms with van der Waals surface area (Å²) in [5.41, 5.74) is 2.14. The molecule has 0 bridgehead atoms. The van der Waals surface area contributed by atoms with Crippen LogP contribution in [0.4, 0.5) is 11.4 Å². The van der Waals surface area contributed by atoms with Crippen molar-refractivity contribution < 1.29 is 9.59 Å². The Labute approximate surface area is 123 Å². The fraction of sp³-hybridized carbons (Fsp3) is 0.267. The minimum Gasteiger partial charge on any atom is -0.318 e. The standard InChI is InChI=1S/C15H18N4O2/c1-3-11-7-5-6-8-13(11)18-15(21)14(20)17-12-9-16-19(4-2)10-12/h5-10H,3-4H2,1-2H3,(H,17,20)(H,18,21). The first-order valence-corrected chi connectivity index (χ1v) is 6.86. The summed E-state index contributed by atoms with van der Waals surface area (Å²) < 4.78 is 1.67. The van der Waals surface area contributed by atoms with E-state index in [1.165, 1.54) is 6.20 Å². The molecular weight excluding hydrogens is 268 g/mol. The first-order valence-electron chi connectivity index (χ1n) is 6.86. The summed E-state index contributed by atoms with van der Waals surface area (Å²) in [4.78, 5) is 23.8. The third-order valence-electron chi connectivity index (χ3n) is 3.07. The van der Waals surface area contributed by atoms with Crippen molar-refractivity contribution in [2.75, 3.05) is 10.6 Å². The van der Waals surface area contributed by atoms with Gasteiger partial charge in [-0.1, -0.05) is 25.1 Å². The summed E-state index contributed by atoms with van der Waals surface area (Å²) >= 11 is 0. The Morgan fingerprint density at radius 3 is 2.52 bits per heavy atom. The van der Waals surface area contributed by atoms with Gasteiger partial charge in [-0.25, -0.2) is 0 Å². The van der Waals surface area contributed by atoms with Crippen LogP contribution in [0.2, 0.25) is 0 Å². The van der Waals surface area contributed by atoms with Gasteiger partial charge in [-0.3, -0.25) is 14.3 Å². The van der Waals surface area contributed by atoms with E-state index in [2.05, 4.69) is 15.7 Å². The normalized spacial score (nSPS) is 10.2. The van der Waals surface area contributed by atoms with Gasteiger partial charge >= 0.3 is 11.8 Å². The number of aromatic nitrogens is 2.